The van der Waals surface area contributed by atoms with Gasteiger partial charge in [-0.1, -0.05) is 0 Å². The summed E-state index contributed by atoms with van der Waals surface area (Å²) < 4.78 is 5.29. The minimum atomic E-state index is -1.09. The van der Waals surface area contributed by atoms with Crippen LogP contribution in [0, 0.1) is 0 Å². The molecule has 2 aliphatic heterocycles. The van der Waals surface area contributed by atoms with E-state index >= 15 is 0 Å². The van der Waals surface area contributed by atoms with E-state index in [1.165, 1.54) is 11.2 Å². The Morgan fingerprint density at radius 3 is 2.72 bits per heavy atom. The second kappa shape index (κ2) is 5.55. The van der Waals surface area contributed by atoms with Crippen molar-refractivity contribution in [3.8, 4) is 0 Å². The molecule has 2 radical (unpaired) electrons. The highest BCUT2D eigenvalue weighted by molar-refractivity contribution is 8.20. The summed E-state index contributed by atoms with van der Waals surface area (Å²) in [4.78, 5) is 0. The van der Waals surface area contributed by atoms with Gasteiger partial charge in [0.25, 0.3) is 0 Å². The summed E-state index contributed by atoms with van der Waals surface area (Å²) in [6.45, 7) is -0.373. The van der Waals surface area contributed by atoms with Gasteiger partial charge in [0.1, 0.15) is 35.6 Å². The first-order chi connectivity index (χ1) is 8.58. The lowest BCUT2D eigenvalue weighted by molar-refractivity contribution is -0.188. The van der Waals surface area contributed by atoms with Crippen LogP contribution in [0.5, 0.6) is 0 Å². The lowest BCUT2D eigenvalue weighted by Gasteiger charge is -2.45. The highest BCUT2D eigenvalue weighted by Crippen LogP contribution is 2.29. The van der Waals surface area contributed by atoms with E-state index in [2.05, 4.69) is 11.0 Å². The molecule has 2 unspecified atom stereocenters. The van der Waals surface area contributed by atoms with Crippen LogP contribution in [-0.2, 0) is 4.74 Å². The highest BCUT2D eigenvalue weighted by atomic mass is 32.2. The molecule has 100 valence electrons. The Morgan fingerprint density at radius 1 is 1.50 bits per heavy atom. The van der Waals surface area contributed by atoms with Crippen LogP contribution in [0.4, 0.5) is 0 Å². The van der Waals surface area contributed by atoms with E-state index in [1.807, 2.05) is 0 Å². The first-order valence-electron chi connectivity index (χ1n) is 5.33. The molecule has 0 amide bonds. The fourth-order valence-corrected chi connectivity index (χ4v) is 2.54. The molecule has 2 aliphatic rings. The van der Waals surface area contributed by atoms with E-state index in [4.69, 9.17) is 22.7 Å². The van der Waals surface area contributed by atoms with Crippen molar-refractivity contribution in [2.24, 2.45) is 5.73 Å². The molecule has 5 atom stereocenters. The van der Waals surface area contributed by atoms with Crippen LogP contribution in [0.15, 0.2) is 12.0 Å². The number of aliphatic hydroxyl groups is 3. The molecule has 7 N–H and O–H groups in total. The van der Waals surface area contributed by atoms with Gasteiger partial charge in [0.15, 0.2) is 7.12 Å². The third kappa shape index (κ3) is 2.39. The molecule has 0 bridgehead atoms. The number of hydrogen-bond acceptors (Lipinski definition) is 9. The van der Waals surface area contributed by atoms with Crippen LogP contribution in [0.2, 0.25) is 0 Å². The molecular weight excluding hydrogens is 259 g/mol. The van der Waals surface area contributed by atoms with E-state index < -0.39 is 29.8 Å². The molecule has 18 heavy (non-hydrogen) atoms. The predicted molar refractivity (Wildman–Crippen MR) is 65.3 cm³/mol. The fraction of sp³-hybridized carbons (Fsp3) is 0.750. The Morgan fingerprint density at radius 2 is 2.22 bits per heavy atom. The summed E-state index contributed by atoms with van der Waals surface area (Å²) in [5, 5.41) is 30.8. The highest BCUT2D eigenvalue weighted by Gasteiger charge is 2.47. The largest absolute Gasteiger partial charge is 0.394 e. The summed E-state index contributed by atoms with van der Waals surface area (Å²) in [5.41, 5.74) is 10.1. The number of rotatable bonds is 3. The van der Waals surface area contributed by atoms with Gasteiger partial charge in [0, 0.05) is 0 Å². The van der Waals surface area contributed by atoms with Crippen LogP contribution in [0.3, 0.4) is 0 Å². The first kappa shape index (κ1) is 13.8. The first-order valence-corrected chi connectivity index (χ1v) is 6.28. The van der Waals surface area contributed by atoms with E-state index in [0.717, 1.165) is 11.6 Å². The number of aliphatic hydroxyl groups excluding tert-OH is 3. The summed E-state index contributed by atoms with van der Waals surface area (Å²) in [6, 6.07) is -0.745. The van der Waals surface area contributed by atoms with Gasteiger partial charge >= 0.3 is 0 Å². The van der Waals surface area contributed by atoms with Crippen LogP contribution >= 0.6 is 11.6 Å². The second-order valence-corrected chi connectivity index (χ2v) is 4.80. The fourth-order valence-electron chi connectivity index (χ4n) is 2.01. The number of nitrogens with zero attached hydrogens (tertiary/aromatic N) is 1. The van der Waals surface area contributed by atoms with E-state index in [-0.39, 0.29) is 6.61 Å². The standard InChI is InChI=1S/C8H15BN4O4S/c9-18-8-7(16)5(6(15)3(2-14)17-8)13-1-4(10)11-12-13/h1,3,5-8,11-12,14-16H,2,10H2/t3?,5-,6-,7?,8+/m0/s1. The maximum absolute atomic E-state index is 10.1. The molecule has 2 rings (SSSR count). The maximum Gasteiger partial charge on any atom is 0.165 e. The smallest absolute Gasteiger partial charge is 0.165 e. The van der Waals surface area contributed by atoms with E-state index in [1.54, 1.807) is 0 Å². The third-order valence-corrected chi connectivity index (χ3v) is 3.57. The number of hydrazine groups is 2. The van der Waals surface area contributed by atoms with Crippen molar-refractivity contribution in [3.63, 3.8) is 0 Å². The number of ether oxygens (including phenoxy) is 1. The van der Waals surface area contributed by atoms with Gasteiger partial charge in [-0.2, -0.15) is 11.6 Å². The van der Waals surface area contributed by atoms with Crippen molar-refractivity contribution in [1.29, 1.82) is 0 Å². The quantitative estimate of drug-likeness (QED) is 0.294. The Bertz CT molecular complexity index is 320. The van der Waals surface area contributed by atoms with Gasteiger partial charge in [-0.15, -0.1) is 5.53 Å². The topological polar surface area (TPSA) is 123 Å². The zero-order chi connectivity index (χ0) is 13.3. The van der Waals surface area contributed by atoms with Crippen molar-refractivity contribution in [3.05, 3.63) is 12.0 Å². The zero-order valence-corrected chi connectivity index (χ0v) is 10.2. The normalized spacial score (nSPS) is 40.5. The molecule has 8 nitrogen and oxygen atoms in total. The van der Waals surface area contributed by atoms with E-state index in [9.17, 15) is 10.2 Å². The van der Waals surface area contributed by atoms with Gasteiger partial charge in [0.05, 0.1) is 12.8 Å². The summed E-state index contributed by atoms with van der Waals surface area (Å²) in [5.74, 6) is 0.346. The van der Waals surface area contributed by atoms with Crippen molar-refractivity contribution in [2.75, 3.05) is 6.61 Å². The third-order valence-electron chi connectivity index (χ3n) is 2.91. The number of hydrogen-bond donors (Lipinski definition) is 6. The van der Waals surface area contributed by atoms with Crippen molar-refractivity contribution >= 4 is 18.7 Å². The summed E-state index contributed by atoms with van der Waals surface area (Å²) >= 11 is 0.817. The lowest BCUT2D eigenvalue weighted by Crippen LogP contribution is -2.65. The molecule has 1 fully saturated rings. The van der Waals surface area contributed by atoms with Crippen LogP contribution in [0.25, 0.3) is 0 Å². The van der Waals surface area contributed by atoms with Crippen LogP contribution in [0.1, 0.15) is 0 Å². The Hall–Kier alpha value is -0.645. The second-order valence-electron chi connectivity index (χ2n) is 4.06. The van der Waals surface area contributed by atoms with Gasteiger partial charge < -0.3 is 25.8 Å². The zero-order valence-electron chi connectivity index (χ0n) is 9.43. The molecule has 0 aromatic carbocycles. The Balaban J connectivity index is 2.18. The predicted octanol–water partition coefficient (Wildman–Crippen LogP) is -3.31. The SMILES string of the molecule is [B]S[C@H]1OC(CO)[C@H](O)[C@H](N2C=C(N)NN2)C1O. The molecule has 0 spiro atoms. The molecule has 0 aliphatic carbocycles. The van der Waals surface area contributed by atoms with Crippen molar-refractivity contribution in [1.82, 2.24) is 16.0 Å². The summed E-state index contributed by atoms with van der Waals surface area (Å²) in [6.07, 6.45) is -1.47. The molecule has 1 saturated heterocycles. The van der Waals surface area contributed by atoms with Crippen LogP contribution in [-0.4, -0.2) is 63.8 Å². The Kier molecular flexibility index (Phi) is 4.25. The van der Waals surface area contributed by atoms with Gasteiger partial charge in [0.2, 0.25) is 0 Å². The minimum Gasteiger partial charge on any atom is -0.394 e. The Labute approximate surface area is 109 Å². The van der Waals surface area contributed by atoms with Crippen molar-refractivity contribution in [2.45, 2.75) is 29.8 Å². The molecule has 2 heterocycles. The molecule has 0 aromatic rings. The number of nitrogens with two attached hydrogens (primary N) is 1. The van der Waals surface area contributed by atoms with Crippen LogP contribution < -0.4 is 16.7 Å². The average molecular weight is 274 g/mol. The molecule has 0 aromatic heterocycles. The lowest BCUT2D eigenvalue weighted by atomic mass is 9.97. The molecule has 0 saturated carbocycles. The monoisotopic (exact) mass is 274 g/mol. The van der Waals surface area contributed by atoms with Gasteiger partial charge in [-0.25, -0.2) is 0 Å². The number of nitrogens with one attached hydrogen (secondary N) is 2. The van der Waals surface area contributed by atoms with E-state index in [0.29, 0.717) is 5.82 Å². The molecule has 10 heteroatoms. The summed E-state index contributed by atoms with van der Waals surface area (Å²) in [7, 11) is 5.42. The van der Waals surface area contributed by atoms with Gasteiger partial charge in [-0.3, -0.25) is 10.4 Å². The maximum atomic E-state index is 10.1. The van der Waals surface area contributed by atoms with Gasteiger partial charge in [-0.05, 0) is 0 Å². The van der Waals surface area contributed by atoms with Crippen molar-refractivity contribution < 1.29 is 20.1 Å². The molecular formula is C8H15BN4O4S. The average Bonchev–Trinajstić information content (AvgIpc) is 2.76. The minimum absolute atomic E-state index is 0.346.